The van der Waals surface area contributed by atoms with Gasteiger partial charge >= 0.3 is 0 Å². The Balaban J connectivity index is 1.57. The van der Waals surface area contributed by atoms with Gasteiger partial charge in [0, 0.05) is 33.0 Å². The van der Waals surface area contributed by atoms with E-state index < -0.39 is 20.0 Å². The fourth-order valence-electron chi connectivity index (χ4n) is 5.83. The van der Waals surface area contributed by atoms with Crippen molar-refractivity contribution in [2.75, 3.05) is 0 Å². The van der Waals surface area contributed by atoms with Crippen LogP contribution in [0.5, 0.6) is 0 Å². The lowest BCUT2D eigenvalue weighted by Crippen LogP contribution is -2.49. The molecule has 3 aromatic rings. The molecule has 7 rings (SSSR count). The van der Waals surface area contributed by atoms with Crippen molar-refractivity contribution in [2.45, 2.75) is 22.6 Å². The fraction of sp³-hybridized carbons (Fsp3) is 0.214. The molecule has 3 aromatic carbocycles. The molecule has 4 atom stereocenters. The molecule has 0 amide bonds. The smallest absolute Gasteiger partial charge is 0.199 e. The van der Waals surface area contributed by atoms with Crippen LogP contribution in [0.3, 0.4) is 0 Å². The number of benzene rings is 3. The third-order valence-electron chi connectivity index (χ3n) is 7.52. The SMILES string of the molecule is O=S(=O)(N=C1c2ccccc2C(=NS(=O)(=O)c2ccc(Cl)cc2)[C@@H]2[C@@H]1[C@H]1C=C[C@H]2CC1)c1ccc(Cl)cc1. The van der Waals surface area contributed by atoms with Crippen molar-refractivity contribution in [3.05, 3.63) is 106 Å². The minimum atomic E-state index is -4.05. The first-order chi connectivity index (χ1) is 18.1. The Morgan fingerprint density at radius 3 is 1.29 bits per heavy atom. The third kappa shape index (κ3) is 4.43. The van der Waals surface area contributed by atoms with Crippen LogP contribution in [-0.2, 0) is 20.0 Å². The molecule has 0 unspecified atom stereocenters. The van der Waals surface area contributed by atoms with E-state index in [9.17, 15) is 16.8 Å². The number of sulfonamides is 2. The molecule has 4 aliphatic carbocycles. The first-order valence-electron chi connectivity index (χ1n) is 12.1. The van der Waals surface area contributed by atoms with Crippen LogP contribution >= 0.6 is 23.2 Å². The highest BCUT2D eigenvalue weighted by Gasteiger charge is 2.50. The van der Waals surface area contributed by atoms with Crippen molar-refractivity contribution >= 4 is 54.7 Å². The maximum absolute atomic E-state index is 13.4. The summed E-state index contributed by atoms with van der Waals surface area (Å²) < 4.78 is 62.6. The highest BCUT2D eigenvalue weighted by Crippen LogP contribution is 2.51. The summed E-state index contributed by atoms with van der Waals surface area (Å²) in [6.07, 6.45) is 5.95. The lowest BCUT2D eigenvalue weighted by molar-refractivity contribution is 0.226. The monoisotopic (exact) mass is 584 g/mol. The standard InChI is InChI=1S/C28H22Cl2N2O4S2/c29-19-9-13-21(14-10-19)37(33,34)31-27-23-3-1-2-4-24(23)28(26-18-7-5-17(6-8-18)25(26)27)32-38(35,36)22-15-11-20(30)12-16-22/h1-5,7,9-18,25-26H,6,8H2/t17-,18-,25-,26-/m0/s1. The van der Waals surface area contributed by atoms with Gasteiger partial charge in [-0.1, -0.05) is 59.6 Å². The van der Waals surface area contributed by atoms with E-state index in [1.54, 1.807) is 24.3 Å². The Bertz CT molecular complexity index is 1600. The Labute approximate surface area is 231 Å². The highest BCUT2D eigenvalue weighted by molar-refractivity contribution is 7.90. The number of nitrogens with zero attached hydrogens (tertiary/aromatic N) is 2. The zero-order chi connectivity index (χ0) is 26.7. The second kappa shape index (κ2) is 9.45. The Morgan fingerprint density at radius 1 is 0.579 bits per heavy atom. The molecule has 10 heteroatoms. The van der Waals surface area contributed by atoms with Gasteiger partial charge in [0.15, 0.2) is 0 Å². The van der Waals surface area contributed by atoms with E-state index in [4.69, 9.17) is 23.2 Å². The van der Waals surface area contributed by atoms with Gasteiger partial charge in [0.25, 0.3) is 20.0 Å². The van der Waals surface area contributed by atoms with E-state index in [1.165, 1.54) is 48.5 Å². The molecule has 4 aliphatic rings. The van der Waals surface area contributed by atoms with Gasteiger partial charge in [0.05, 0.1) is 21.2 Å². The number of hydrogen-bond donors (Lipinski definition) is 0. The maximum atomic E-state index is 13.4. The van der Waals surface area contributed by atoms with Gasteiger partial charge in [0.2, 0.25) is 0 Å². The molecular formula is C28H22Cl2N2O4S2. The molecule has 0 N–H and O–H groups in total. The normalized spacial score (nSPS) is 26.4. The average molecular weight is 586 g/mol. The Morgan fingerprint density at radius 2 is 0.947 bits per heavy atom. The van der Waals surface area contributed by atoms with Crippen LogP contribution < -0.4 is 0 Å². The van der Waals surface area contributed by atoms with Gasteiger partial charge in [0.1, 0.15) is 0 Å². The van der Waals surface area contributed by atoms with E-state index >= 15 is 0 Å². The molecule has 6 nitrogen and oxygen atoms in total. The molecular weight excluding hydrogens is 563 g/mol. The number of allylic oxidation sites excluding steroid dienone is 2. The minimum absolute atomic E-state index is 0.0148. The van der Waals surface area contributed by atoms with E-state index in [2.05, 4.69) is 20.9 Å². The van der Waals surface area contributed by atoms with Gasteiger partial charge in [-0.3, -0.25) is 0 Å². The van der Waals surface area contributed by atoms with E-state index in [0.29, 0.717) is 32.6 Å². The van der Waals surface area contributed by atoms with Crippen LogP contribution in [0.1, 0.15) is 24.0 Å². The zero-order valence-corrected chi connectivity index (χ0v) is 23.1. The summed E-state index contributed by atoms with van der Waals surface area (Å²) in [6, 6.07) is 19.0. The van der Waals surface area contributed by atoms with Crippen molar-refractivity contribution in [1.29, 1.82) is 0 Å². The summed E-state index contributed by atoms with van der Waals surface area (Å²) in [5.41, 5.74) is 2.06. The predicted molar refractivity (Wildman–Crippen MR) is 149 cm³/mol. The van der Waals surface area contributed by atoms with E-state index in [-0.39, 0.29) is 33.5 Å². The lowest BCUT2D eigenvalue weighted by atomic mass is 9.55. The van der Waals surface area contributed by atoms with Crippen molar-refractivity contribution in [1.82, 2.24) is 0 Å². The van der Waals surface area contributed by atoms with Crippen LogP contribution in [-0.4, -0.2) is 28.3 Å². The van der Waals surface area contributed by atoms with Crippen molar-refractivity contribution in [3.63, 3.8) is 0 Å². The lowest BCUT2D eigenvalue weighted by Gasteiger charge is -2.48. The third-order valence-corrected chi connectivity index (χ3v) is 10.6. The Kier molecular flexibility index (Phi) is 6.34. The number of rotatable bonds is 4. The van der Waals surface area contributed by atoms with Crippen LogP contribution in [0, 0.1) is 23.7 Å². The molecule has 0 radical (unpaired) electrons. The molecule has 1 saturated carbocycles. The number of halogens is 2. The zero-order valence-electron chi connectivity index (χ0n) is 19.9. The number of fused-ring (bicyclic) bond motifs is 2. The first-order valence-corrected chi connectivity index (χ1v) is 15.8. The summed E-state index contributed by atoms with van der Waals surface area (Å²) in [4.78, 5) is 0.0921. The van der Waals surface area contributed by atoms with Gasteiger partial charge in [-0.05, 0) is 73.2 Å². The molecule has 2 bridgehead atoms. The summed E-state index contributed by atoms with van der Waals surface area (Å²) >= 11 is 11.9. The van der Waals surface area contributed by atoms with Crippen LogP contribution in [0.25, 0.3) is 0 Å². The minimum Gasteiger partial charge on any atom is -0.199 e. The van der Waals surface area contributed by atoms with Gasteiger partial charge in [-0.15, -0.1) is 0 Å². The van der Waals surface area contributed by atoms with Crippen LogP contribution in [0.2, 0.25) is 10.0 Å². The van der Waals surface area contributed by atoms with Crippen LogP contribution in [0.15, 0.2) is 104 Å². The van der Waals surface area contributed by atoms with Crippen molar-refractivity contribution < 1.29 is 16.8 Å². The molecule has 0 saturated heterocycles. The van der Waals surface area contributed by atoms with Gasteiger partial charge in [-0.2, -0.15) is 25.6 Å². The molecule has 1 fully saturated rings. The molecule has 194 valence electrons. The predicted octanol–water partition coefficient (Wildman–Crippen LogP) is 6.19. The molecule has 0 spiro atoms. The number of hydrogen-bond acceptors (Lipinski definition) is 4. The summed E-state index contributed by atoms with van der Waals surface area (Å²) in [6.45, 7) is 0. The Hall–Kier alpha value is -2.78. The average Bonchev–Trinajstić information content (AvgIpc) is 2.91. The van der Waals surface area contributed by atoms with Crippen molar-refractivity contribution in [3.8, 4) is 0 Å². The summed E-state index contributed by atoms with van der Waals surface area (Å²) in [5.74, 6) is -0.619. The first kappa shape index (κ1) is 25.5. The quantitative estimate of drug-likeness (QED) is 0.342. The van der Waals surface area contributed by atoms with E-state index in [0.717, 1.165) is 12.8 Å². The largest absolute Gasteiger partial charge is 0.282 e. The highest BCUT2D eigenvalue weighted by atomic mass is 35.5. The van der Waals surface area contributed by atoms with Gasteiger partial charge in [-0.25, -0.2) is 0 Å². The fourth-order valence-corrected chi connectivity index (χ4v) is 8.21. The van der Waals surface area contributed by atoms with Crippen molar-refractivity contribution in [2.24, 2.45) is 32.5 Å². The van der Waals surface area contributed by atoms with Gasteiger partial charge < -0.3 is 0 Å². The summed E-state index contributed by atoms with van der Waals surface area (Å²) in [5, 5.41) is 0.856. The second-order valence-electron chi connectivity index (χ2n) is 9.70. The topological polar surface area (TPSA) is 93.0 Å². The summed E-state index contributed by atoms with van der Waals surface area (Å²) in [7, 11) is -8.10. The molecule has 0 aromatic heterocycles. The maximum Gasteiger partial charge on any atom is 0.282 e. The molecule has 0 heterocycles. The molecule has 0 aliphatic heterocycles. The second-order valence-corrected chi connectivity index (χ2v) is 13.8. The van der Waals surface area contributed by atoms with E-state index in [1.807, 2.05) is 0 Å². The van der Waals surface area contributed by atoms with Crippen LogP contribution in [0.4, 0.5) is 0 Å². The molecule has 38 heavy (non-hydrogen) atoms.